The summed E-state index contributed by atoms with van der Waals surface area (Å²) in [6.07, 6.45) is 1.42. The highest BCUT2D eigenvalue weighted by Crippen LogP contribution is 2.25. The molecule has 0 unspecified atom stereocenters. The topological polar surface area (TPSA) is 63.0 Å². The first-order chi connectivity index (χ1) is 7.67. The average Bonchev–Trinajstić information content (AvgIpc) is 2.27. The lowest BCUT2D eigenvalue weighted by atomic mass is 10.3. The first kappa shape index (κ1) is 12.8. The van der Waals surface area contributed by atoms with Gasteiger partial charge in [-0.2, -0.15) is 5.26 Å². The van der Waals surface area contributed by atoms with Gasteiger partial charge in [-0.1, -0.05) is 23.4 Å². The van der Waals surface area contributed by atoms with Crippen molar-refractivity contribution in [3.05, 3.63) is 22.8 Å². The molecule has 0 aliphatic rings. The van der Waals surface area contributed by atoms with E-state index in [9.17, 15) is 4.79 Å². The van der Waals surface area contributed by atoms with E-state index in [-0.39, 0.29) is 11.7 Å². The molecular formula is C10H9ClN2O2S. The van der Waals surface area contributed by atoms with Gasteiger partial charge in [0.2, 0.25) is 0 Å². The van der Waals surface area contributed by atoms with E-state index in [4.69, 9.17) is 21.6 Å². The number of ether oxygens (including phenoxy) is 1. The van der Waals surface area contributed by atoms with Crippen LogP contribution in [0.5, 0.6) is 0 Å². The number of nitriles is 1. The Bertz CT molecular complexity index is 431. The third kappa shape index (κ3) is 3.72. The molecule has 6 heteroatoms. The van der Waals surface area contributed by atoms with Crippen molar-refractivity contribution in [1.29, 1.82) is 5.26 Å². The molecule has 1 aromatic heterocycles. The number of hydrogen-bond donors (Lipinski definition) is 0. The highest BCUT2D eigenvalue weighted by molar-refractivity contribution is 8.00. The minimum Gasteiger partial charge on any atom is -0.465 e. The molecule has 0 amide bonds. The van der Waals surface area contributed by atoms with Crippen LogP contribution in [0.1, 0.15) is 12.5 Å². The second kappa shape index (κ2) is 6.36. The maximum absolute atomic E-state index is 11.1. The smallest absolute Gasteiger partial charge is 0.316 e. The van der Waals surface area contributed by atoms with Crippen molar-refractivity contribution in [2.45, 2.75) is 11.9 Å². The summed E-state index contributed by atoms with van der Waals surface area (Å²) in [4.78, 5) is 15.1. The van der Waals surface area contributed by atoms with E-state index in [0.29, 0.717) is 22.2 Å². The van der Waals surface area contributed by atoms with E-state index in [1.807, 2.05) is 6.07 Å². The molecule has 0 spiro atoms. The van der Waals surface area contributed by atoms with Gasteiger partial charge >= 0.3 is 5.97 Å². The summed E-state index contributed by atoms with van der Waals surface area (Å²) >= 11 is 7.07. The molecule has 16 heavy (non-hydrogen) atoms. The molecule has 1 rings (SSSR count). The molecule has 1 heterocycles. The average molecular weight is 257 g/mol. The largest absolute Gasteiger partial charge is 0.465 e. The van der Waals surface area contributed by atoms with Gasteiger partial charge in [-0.3, -0.25) is 4.79 Å². The van der Waals surface area contributed by atoms with E-state index < -0.39 is 0 Å². The van der Waals surface area contributed by atoms with Crippen molar-refractivity contribution in [3.8, 4) is 6.07 Å². The van der Waals surface area contributed by atoms with Crippen molar-refractivity contribution < 1.29 is 9.53 Å². The number of nitrogens with zero attached hydrogens (tertiary/aromatic N) is 2. The zero-order valence-corrected chi connectivity index (χ0v) is 10.1. The summed E-state index contributed by atoms with van der Waals surface area (Å²) in [5.74, 6) is -0.151. The summed E-state index contributed by atoms with van der Waals surface area (Å²) in [6, 6.07) is 3.45. The first-order valence-electron chi connectivity index (χ1n) is 4.51. The number of carbonyl (C=O) groups excluding carboxylic acids is 1. The quantitative estimate of drug-likeness (QED) is 0.611. The van der Waals surface area contributed by atoms with Crippen LogP contribution in [0.2, 0.25) is 5.02 Å². The highest BCUT2D eigenvalue weighted by atomic mass is 35.5. The first-order valence-corrected chi connectivity index (χ1v) is 5.87. The summed E-state index contributed by atoms with van der Waals surface area (Å²) < 4.78 is 4.77. The van der Waals surface area contributed by atoms with Crippen molar-refractivity contribution in [2.75, 3.05) is 12.4 Å². The third-order valence-electron chi connectivity index (χ3n) is 1.57. The van der Waals surface area contributed by atoms with Gasteiger partial charge in [-0.05, 0) is 13.0 Å². The van der Waals surface area contributed by atoms with Crippen LogP contribution in [-0.2, 0) is 9.53 Å². The molecule has 0 radical (unpaired) electrons. The van der Waals surface area contributed by atoms with Crippen molar-refractivity contribution >= 4 is 29.3 Å². The minimum atomic E-state index is -0.310. The Hall–Kier alpha value is -1.25. The van der Waals surface area contributed by atoms with Crippen LogP contribution in [-0.4, -0.2) is 23.3 Å². The van der Waals surface area contributed by atoms with E-state index >= 15 is 0 Å². The molecular weight excluding hydrogens is 248 g/mol. The fraction of sp³-hybridized carbons (Fsp3) is 0.300. The molecule has 1 aromatic rings. The van der Waals surface area contributed by atoms with Gasteiger partial charge in [-0.25, -0.2) is 4.98 Å². The lowest BCUT2D eigenvalue weighted by Gasteiger charge is -2.03. The second-order valence-electron chi connectivity index (χ2n) is 2.72. The van der Waals surface area contributed by atoms with Gasteiger partial charge in [0.15, 0.2) is 0 Å². The van der Waals surface area contributed by atoms with Gasteiger partial charge in [0.05, 0.1) is 22.9 Å². The molecule has 0 aliphatic carbocycles. The summed E-state index contributed by atoms with van der Waals surface area (Å²) in [5.41, 5.74) is 0.394. The van der Waals surface area contributed by atoms with Crippen LogP contribution in [0.25, 0.3) is 0 Å². The number of esters is 1. The number of hydrogen-bond acceptors (Lipinski definition) is 5. The van der Waals surface area contributed by atoms with Crippen LogP contribution in [0.3, 0.4) is 0 Å². The third-order valence-corrected chi connectivity index (χ3v) is 2.95. The normalized spacial score (nSPS) is 9.56. The van der Waals surface area contributed by atoms with Crippen LogP contribution in [0.15, 0.2) is 17.3 Å². The Balaban J connectivity index is 2.62. The van der Waals surface area contributed by atoms with Crippen LogP contribution in [0.4, 0.5) is 0 Å². The van der Waals surface area contributed by atoms with E-state index in [0.717, 1.165) is 0 Å². The van der Waals surface area contributed by atoms with Crippen molar-refractivity contribution in [1.82, 2.24) is 4.98 Å². The molecule has 0 fully saturated rings. The standard InChI is InChI=1S/C10H9ClN2O2S/c1-2-15-9(14)6-16-10-8(11)3-7(4-12)5-13-10/h3,5H,2,6H2,1H3. The Labute approximate surface area is 103 Å². The van der Waals surface area contributed by atoms with Gasteiger partial charge in [0.25, 0.3) is 0 Å². The predicted molar refractivity (Wildman–Crippen MR) is 61.3 cm³/mol. The molecule has 0 N–H and O–H groups in total. The van der Waals surface area contributed by atoms with Gasteiger partial charge in [-0.15, -0.1) is 0 Å². The monoisotopic (exact) mass is 256 g/mol. The fourth-order valence-corrected chi connectivity index (χ4v) is 1.91. The lowest BCUT2D eigenvalue weighted by Crippen LogP contribution is -2.06. The van der Waals surface area contributed by atoms with Gasteiger partial charge in [0, 0.05) is 6.20 Å². The Morgan fingerprint density at radius 1 is 1.75 bits per heavy atom. The molecule has 84 valence electrons. The number of halogens is 1. The number of aromatic nitrogens is 1. The molecule has 0 bridgehead atoms. The highest BCUT2D eigenvalue weighted by Gasteiger charge is 2.08. The molecule has 0 aromatic carbocycles. The fourth-order valence-electron chi connectivity index (χ4n) is 0.923. The predicted octanol–water partition coefficient (Wildman–Crippen LogP) is 2.26. The minimum absolute atomic E-state index is 0.159. The molecule has 0 saturated heterocycles. The van der Waals surface area contributed by atoms with Crippen molar-refractivity contribution in [2.24, 2.45) is 0 Å². The van der Waals surface area contributed by atoms with Crippen LogP contribution >= 0.6 is 23.4 Å². The van der Waals surface area contributed by atoms with Gasteiger partial charge in [0.1, 0.15) is 11.1 Å². The van der Waals surface area contributed by atoms with E-state index in [1.165, 1.54) is 24.0 Å². The Morgan fingerprint density at radius 3 is 3.06 bits per heavy atom. The van der Waals surface area contributed by atoms with Crippen molar-refractivity contribution in [3.63, 3.8) is 0 Å². The number of pyridine rings is 1. The molecule has 4 nitrogen and oxygen atoms in total. The number of carbonyl (C=O) groups is 1. The van der Waals surface area contributed by atoms with E-state index in [1.54, 1.807) is 6.92 Å². The van der Waals surface area contributed by atoms with Crippen LogP contribution in [0, 0.1) is 11.3 Å². The summed E-state index contributed by atoms with van der Waals surface area (Å²) in [5, 5.41) is 9.50. The lowest BCUT2D eigenvalue weighted by molar-refractivity contribution is -0.139. The molecule has 0 aliphatic heterocycles. The van der Waals surface area contributed by atoms with Crippen LogP contribution < -0.4 is 0 Å². The summed E-state index contributed by atoms with van der Waals surface area (Å²) in [6.45, 7) is 2.10. The molecule has 0 atom stereocenters. The maximum Gasteiger partial charge on any atom is 0.316 e. The maximum atomic E-state index is 11.1. The Morgan fingerprint density at radius 2 is 2.50 bits per heavy atom. The number of rotatable bonds is 4. The van der Waals surface area contributed by atoms with Gasteiger partial charge < -0.3 is 4.74 Å². The summed E-state index contributed by atoms with van der Waals surface area (Å²) in [7, 11) is 0. The van der Waals surface area contributed by atoms with E-state index in [2.05, 4.69) is 4.98 Å². The zero-order chi connectivity index (χ0) is 12.0. The zero-order valence-electron chi connectivity index (χ0n) is 8.57. The number of thioether (sulfide) groups is 1. The second-order valence-corrected chi connectivity index (χ2v) is 4.09. The Kier molecular flexibility index (Phi) is 5.09. The SMILES string of the molecule is CCOC(=O)CSc1ncc(C#N)cc1Cl. The molecule has 0 saturated carbocycles.